The molecule has 1 aliphatic heterocycles. The lowest BCUT2D eigenvalue weighted by molar-refractivity contribution is 0.101. The molecule has 1 unspecified atom stereocenters. The minimum atomic E-state index is 0.0788. The second-order valence-electron chi connectivity index (χ2n) is 6.51. The molecule has 1 heterocycles. The summed E-state index contributed by atoms with van der Waals surface area (Å²) in [5, 5.41) is 9.89. The van der Waals surface area contributed by atoms with Crippen LogP contribution in [0, 0.1) is 0 Å². The van der Waals surface area contributed by atoms with Gasteiger partial charge in [-0.15, -0.1) is 0 Å². The number of aromatic hydroxyl groups is 1. The highest BCUT2D eigenvalue weighted by molar-refractivity contribution is 5.94. The van der Waals surface area contributed by atoms with Gasteiger partial charge in [0.25, 0.3) is 0 Å². The molecular formula is C20H24N2O2. The van der Waals surface area contributed by atoms with Crippen LogP contribution in [0.3, 0.4) is 0 Å². The number of hydrogen-bond acceptors (Lipinski definition) is 4. The fraction of sp³-hybridized carbons (Fsp3) is 0.350. The number of hydrogen-bond donors (Lipinski definition) is 1. The molecule has 0 bridgehead atoms. The first-order valence-electron chi connectivity index (χ1n) is 8.37. The van der Waals surface area contributed by atoms with Crippen LogP contribution in [-0.2, 0) is 0 Å². The van der Waals surface area contributed by atoms with Crippen LogP contribution in [0.4, 0.5) is 0 Å². The van der Waals surface area contributed by atoms with E-state index in [-0.39, 0.29) is 17.6 Å². The molecule has 0 spiro atoms. The van der Waals surface area contributed by atoms with Gasteiger partial charge in [-0.1, -0.05) is 36.4 Å². The predicted molar refractivity (Wildman–Crippen MR) is 95.5 cm³/mol. The number of Topliss-reactive ketones (excluding diaryl/α,β-unsaturated/α-hetero) is 1. The van der Waals surface area contributed by atoms with Crippen molar-refractivity contribution in [3.63, 3.8) is 0 Å². The van der Waals surface area contributed by atoms with E-state index in [0.29, 0.717) is 0 Å². The predicted octanol–water partition coefficient (Wildman–Crippen LogP) is 2.93. The van der Waals surface area contributed by atoms with E-state index in [1.807, 2.05) is 36.4 Å². The van der Waals surface area contributed by atoms with E-state index in [2.05, 4.69) is 22.9 Å². The van der Waals surface area contributed by atoms with Crippen molar-refractivity contribution < 1.29 is 9.90 Å². The molecule has 1 saturated heterocycles. The summed E-state index contributed by atoms with van der Waals surface area (Å²) in [6, 6.07) is 15.4. The fourth-order valence-electron chi connectivity index (χ4n) is 3.29. The molecule has 0 saturated carbocycles. The molecule has 1 atom stereocenters. The Morgan fingerprint density at radius 3 is 2.25 bits per heavy atom. The zero-order chi connectivity index (χ0) is 17.1. The molecule has 3 rings (SSSR count). The highest BCUT2D eigenvalue weighted by Crippen LogP contribution is 2.31. The first kappa shape index (κ1) is 16.7. The van der Waals surface area contributed by atoms with Crippen LogP contribution < -0.4 is 0 Å². The third-order valence-electron chi connectivity index (χ3n) is 4.72. The Balaban J connectivity index is 1.96. The minimum Gasteiger partial charge on any atom is -0.508 e. The van der Waals surface area contributed by atoms with Crippen LogP contribution in [-0.4, -0.2) is 53.9 Å². The number of carbonyl (C=O) groups excluding carboxylic acids is 1. The number of rotatable bonds is 4. The Bertz CT molecular complexity index is 704. The zero-order valence-corrected chi connectivity index (χ0v) is 14.3. The molecule has 0 radical (unpaired) electrons. The molecule has 2 aromatic carbocycles. The molecule has 0 aromatic heterocycles. The van der Waals surface area contributed by atoms with Gasteiger partial charge in [0.05, 0.1) is 6.04 Å². The fourth-order valence-corrected chi connectivity index (χ4v) is 3.29. The van der Waals surface area contributed by atoms with Crippen molar-refractivity contribution in [2.75, 3.05) is 33.2 Å². The Morgan fingerprint density at radius 1 is 1.00 bits per heavy atom. The van der Waals surface area contributed by atoms with Crippen LogP contribution in [0.25, 0.3) is 0 Å². The Morgan fingerprint density at radius 2 is 1.67 bits per heavy atom. The van der Waals surface area contributed by atoms with Gasteiger partial charge >= 0.3 is 0 Å². The quantitative estimate of drug-likeness (QED) is 0.878. The first-order valence-corrected chi connectivity index (χ1v) is 8.37. The summed E-state index contributed by atoms with van der Waals surface area (Å²) < 4.78 is 0. The molecule has 1 fully saturated rings. The summed E-state index contributed by atoms with van der Waals surface area (Å²) >= 11 is 0. The molecule has 0 aliphatic carbocycles. The summed E-state index contributed by atoms with van der Waals surface area (Å²) in [7, 11) is 2.14. The number of carbonyl (C=O) groups is 1. The van der Waals surface area contributed by atoms with E-state index in [4.69, 9.17) is 0 Å². The van der Waals surface area contributed by atoms with Crippen molar-refractivity contribution in [2.24, 2.45) is 0 Å². The summed E-state index contributed by atoms with van der Waals surface area (Å²) in [5.41, 5.74) is 2.96. The Labute approximate surface area is 143 Å². The molecule has 1 aliphatic rings. The topological polar surface area (TPSA) is 43.8 Å². The SMILES string of the molecule is CC(=O)c1ccc(C(c2cccc(O)c2)N2CCN(C)CC2)cc1. The van der Waals surface area contributed by atoms with Crippen LogP contribution in [0.15, 0.2) is 48.5 Å². The van der Waals surface area contributed by atoms with Crippen molar-refractivity contribution in [3.8, 4) is 5.75 Å². The zero-order valence-electron chi connectivity index (χ0n) is 14.3. The van der Waals surface area contributed by atoms with Crippen molar-refractivity contribution in [1.82, 2.24) is 9.80 Å². The van der Waals surface area contributed by atoms with E-state index in [1.165, 1.54) is 0 Å². The van der Waals surface area contributed by atoms with Gasteiger partial charge in [-0.05, 0) is 37.2 Å². The molecule has 1 N–H and O–H groups in total. The second-order valence-corrected chi connectivity index (χ2v) is 6.51. The van der Waals surface area contributed by atoms with Crippen molar-refractivity contribution >= 4 is 5.78 Å². The van der Waals surface area contributed by atoms with Crippen LogP contribution in [0.1, 0.15) is 34.5 Å². The Kier molecular flexibility index (Phi) is 4.97. The van der Waals surface area contributed by atoms with Gasteiger partial charge in [0.1, 0.15) is 5.75 Å². The second kappa shape index (κ2) is 7.16. The third-order valence-corrected chi connectivity index (χ3v) is 4.72. The van der Waals surface area contributed by atoms with Gasteiger partial charge in [-0.3, -0.25) is 9.69 Å². The van der Waals surface area contributed by atoms with E-state index < -0.39 is 0 Å². The maximum Gasteiger partial charge on any atom is 0.159 e. The van der Waals surface area contributed by atoms with E-state index >= 15 is 0 Å². The standard InChI is InChI=1S/C20H24N2O2/c1-15(23)16-6-8-17(9-7-16)20(18-4-3-5-19(24)14-18)22-12-10-21(2)11-13-22/h3-9,14,20,24H,10-13H2,1-2H3. The number of phenolic OH excluding ortho intramolecular Hbond substituents is 1. The summed E-state index contributed by atoms with van der Waals surface area (Å²) in [5.74, 6) is 0.363. The number of benzene rings is 2. The third kappa shape index (κ3) is 3.66. The smallest absolute Gasteiger partial charge is 0.159 e. The molecule has 126 valence electrons. The van der Waals surface area contributed by atoms with Crippen molar-refractivity contribution in [1.29, 1.82) is 0 Å². The van der Waals surface area contributed by atoms with Crippen molar-refractivity contribution in [2.45, 2.75) is 13.0 Å². The van der Waals surface area contributed by atoms with Crippen LogP contribution in [0.5, 0.6) is 5.75 Å². The highest BCUT2D eigenvalue weighted by Gasteiger charge is 2.25. The van der Waals surface area contributed by atoms with E-state index in [0.717, 1.165) is 42.9 Å². The van der Waals surface area contributed by atoms with Gasteiger partial charge in [0.15, 0.2) is 5.78 Å². The molecule has 0 amide bonds. The normalized spacial score (nSPS) is 17.6. The molecule has 4 nitrogen and oxygen atoms in total. The average Bonchev–Trinajstić information content (AvgIpc) is 2.57. The molecule has 4 heteroatoms. The molecule has 24 heavy (non-hydrogen) atoms. The van der Waals surface area contributed by atoms with Gasteiger partial charge < -0.3 is 10.0 Å². The lowest BCUT2D eigenvalue weighted by Gasteiger charge is -2.38. The number of ketones is 1. The van der Waals surface area contributed by atoms with Gasteiger partial charge in [0, 0.05) is 31.7 Å². The lowest BCUT2D eigenvalue weighted by atomic mass is 9.95. The van der Waals surface area contributed by atoms with E-state index in [1.54, 1.807) is 13.0 Å². The number of phenols is 1. The molecule has 2 aromatic rings. The molecular weight excluding hydrogens is 300 g/mol. The highest BCUT2D eigenvalue weighted by atomic mass is 16.3. The van der Waals surface area contributed by atoms with Gasteiger partial charge in [0.2, 0.25) is 0 Å². The maximum absolute atomic E-state index is 11.5. The number of likely N-dealkylation sites (N-methyl/N-ethyl adjacent to an activating group) is 1. The monoisotopic (exact) mass is 324 g/mol. The lowest BCUT2D eigenvalue weighted by Crippen LogP contribution is -2.46. The average molecular weight is 324 g/mol. The summed E-state index contributed by atoms with van der Waals surface area (Å²) in [4.78, 5) is 16.3. The first-order chi connectivity index (χ1) is 11.5. The van der Waals surface area contributed by atoms with Gasteiger partial charge in [-0.2, -0.15) is 0 Å². The maximum atomic E-state index is 11.5. The largest absolute Gasteiger partial charge is 0.508 e. The Hall–Kier alpha value is -2.17. The van der Waals surface area contributed by atoms with Gasteiger partial charge in [-0.25, -0.2) is 0 Å². The number of piperazine rings is 1. The van der Waals surface area contributed by atoms with Crippen LogP contribution >= 0.6 is 0 Å². The van der Waals surface area contributed by atoms with Crippen molar-refractivity contribution in [3.05, 3.63) is 65.2 Å². The summed E-state index contributed by atoms with van der Waals surface area (Å²) in [6.07, 6.45) is 0. The summed E-state index contributed by atoms with van der Waals surface area (Å²) in [6.45, 7) is 5.60. The van der Waals surface area contributed by atoms with E-state index in [9.17, 15) is 9.90 Å². The minimum absolute atomic E-state index is 0.0788. The van der Waals surface area contributed by atoms with Crippen LogP contribution in [0.2, 0.25) is 0 Å². The number of nitrogens with zero attached hydrogens (tertiary/aromatic N) is 2.